The summed E-state index contributed by atoms with van der Waals surface area (Å²) in [4.78, 5) is 16.0. The number of fused-ring (bicyclic) bond motifs is 1. The Morgan fingerprint density at radius 2 is 2.16 bits per heavy atom. The highest BCUT2D eigenvalue weighted by Crippen LogP contribution is 2.35. The van der Waals surface area contributed by atoms with E-state index in [2.05, 4.69) is 17.2 Å². The van der Waals surface area contributed by atoms with Crippen molar-refractivity contribution in [1.29, 1.82) is 0 Å². The molecule has 1 aromatic heterocycles. The van der Waals surface area contributed by atoms with Gasteiger partial charge in [-0.2, -0.15) is 0 Å². The highest BCUT2D eigenvalue weighted by atomic mass is 16.5. The highest BCUT2D eigenvalue weighted by Gasteiger charge is 2.21. The van der Waals surface area contributed by atoms with E-state index in [0.29, 0.717) is 23.6 Å². The minimum absolute atomic E-state index is 0.193. The molecule has 2 heterocycles. The van der Waals surface area contributed by atoms with Crippen molar-refractivity contribution in [3.05, 3.63) is 46.6 Å². The molecule has 0 fully saturated rings. The van der Waals surface area contributed by atoms with Gasteiger partial charge in [0.2, 0.25) is 0 Å². The van der Waals surface area contributed by atoms with Gasteiger partial charge in [-0.15, -0.1) is 0 Å². The molecule has 0 amide bonds. The predicted molar refractivity (Wildman–Crippen MR) is 94.4 cm³/mol. The molecule has 1 N–H and O–H groups in total. The highest BCUT2D eigenvalue weighted by molar-refractivity contribution is 5.90. The molecule has 1 aliphatic heterocycles. The lowest BCUT2D eigenvalue weighted by atomic mass is 10.1. The van der Waals surface area contributed by atoms with Crippen molar-refractivity contribution in [3.63, 3.8) is 0 Å². The number of esters is 1. The van der Waals surface area contributed by atoms with Crippen LogP contribution >= 0.6 is 0 Å². The van der Waals surface area contributed by atoms with Crippen molar-refractivity contribution in [2.45, 2.75) is 32.9 Å². The number of aromatic nitrogens is 1. The molecule has 1 unspecified atom stereocenters. The number of anilines is 1. The number of ether oxygens (including phenoxy) is 3. The van der Waals surface area contributed by atoms with Gasteiger partial charge in [0, 0.05) is 24.1 Å². The predicted octanol–water partition coefficient (Wildman–Crippen LogP) is 3.12. The quantitative estimate of drug-likeness (QED) is 0.842. The van der Waals surface area contributed by atoms with Gasteiger partial charge in [0.15, 0.2) is 0 Å². The van der Waals surface area contributed by atoms with Crippen molar-refractivity contribution in [2.24, 2.45) is 0 Å². The van der Waals surface area contributed by atoms with E-state index in [0.717, 1.165) is 23.5 Å². The molecule has 0 saturated heterocycles. The first-order valence-corrected chi connectivity index (χ1v) is 8.18. The Morgan fingerprint density at radius 3 is 2.84 bits per heavy atom. The Labute approximate surface area is 147 Å². The molecule has 6 nitrogen and oxygen atoms in total. The third kappa shape index (κ3) is 3.52. The lowest BCUT2D eigenvalue weighted by molar-refractivity contribution is 0.0599. The second kappa shape index (κ2) is 7.01. The molecule has 2 aromatic rings. The van der Waals surface area contributed by atoms with Gasteiger partial charge in [-0.25, -0.2) is 9.78 Å². The molecule has 1 aromatic carbocycles. The number of carbonyl (C=O) groups excluding carboxylic acids is 1. The third-order valence-electron chi connectivity index (χ3n) is 4.25. The number of aryl methyl sites for hydroxylation is 1. The second-order valence-electron chi connectivity index (χ2n) is 6.08. The van der Waals surface area contributed by atoms with E-state index >= 15 is 0 Å². The van der Waals surface area contributed by atoms with Crippen molar-refractivity contribution < 1.29 is 19.0 Å². The van der Waals surface area contributed by atoms with Gasteiger partial charge < -0.3 is 19.5 Å². The molecule has 132 valence electrons. The van der Waals surface area contributed by atoms with Crippen LogP contribution in [-0.2, 0) is 17.7 Å². The maximum absolute atomic E-state index is 11.6. The van der Waals surface area contributed by atoms with Crippen LogP contribution in [0.5, 0.6) is 11.5 Å². The van der Waals surface area contributed by atoms with E-state index in [-0.39, 0.29) is 12.1 Å². The molecular weight excluding hydrogens is 320 g/mol. The Bertz CT molecular complexity index is 804. The average Bonchev–Trinajstić information content (AvgIpc) is 2.97. The largest absolute Gasteiger partial charge is 0.496 e. The Morgan fingerprint density at radius 1 is 1.36 bits per heavy atom. The van der Waals surface area contributed by atoms with Gasteiger partial charge in [0.1, 0.15) is 23.4 Å². The van der Waals surface area contributed by atoms with Crippen LogP contribution in [0.15, 0.2) is 24.3 Å². The summed E-state index contributed by atoms with van der Waals surface area (Å²) in [6.07, 6.45) is 1.09. The zero-order chi connectivity index (χ0) is 18.0. The molecule has 0 radical (unpaired) electrons. The monoisotopic (exact) mass is 342 g/mol. The van der Waals surface area contributed by atoms with Crippen molar-refractivity contribution >= 4 is 11.8 Å². The minimum Gasteiger partial charge on any atom is -0.496 e. The number of rotatable bonds is 5. The topological polar surface area (TPSA) is 69.7 Å². The Kier molecular flexibility index (Phi) is 4.79. The number of carbonyl (C=O) groups is 1. The number of benzene rings is 1. The standard InChI is InChI=1S/C19H22N2O4/c1-11-7-13-8-16(23-3)14(9-17(13)25-11)10-20-18-6-5-15(12(2)21-18)19(22)24-4/h5-6,8-9,11H,7,10H2,1-4H3,(H,20,21). The molecule has 0 spiro atoms. The summed E-state index contributed by atoms with van der Waals surface area (Å²) < 4.78 is 16.1. The molecule has 6 heteroatoms. The second-order valence-corrected chi connectivity index (χ2v) is 6.08. The van der Waals surface area contributed by atoms with Crippen LogP contribution in [0.25, 0.3) is 0 Å². The van der Waals surface area contributed by atoms with Crippen molar-refractivity contribution in [1.82, 2.24) is 4.98 Å². The SMILES string of the molecule is COC(=O)c1ccc(NCc2cc3c(cc2OC)CC(C)O3)nc1C. The van der Waals surface area contributed by atoms with E-state index in [4.69, 9.17) is 14.2 Å². The fourth-order valence-corrected chi connectivity index (χ4v) is 2.98. The first kappa shape index (κ1) is 17.1. The summed E-state index contributed by atoms with van der Waals surface area (Å²) in [5.41, 5.74) is 3.25. The Hall–Kier alpha value is -2.76. The van der Waals surface area contributed by atoms with E-state index in [9.17, 15) is 4.79 Å². The maximum atomic E-state index is 11.6. The first-order chi connectivity index (χ1) is 12.0. The van der Waals surface area contributed by atoms with E-state index in [1.165, 1.54) is 12.7 Å². The molecule has 0 saturated carbocycles. The Balaban J connectivity index is 1.77. The average molecular weight is 342 g/mol. The van der Waals surface area contributed by atoms with Crippen LogP contribution in [0.1, 0.15) is 34.1 Å². The summed E-state index contributed by atoms with van der Waals surface area (Å²) in [5, 5.41) is 3.26. The number of nitrogens with zero attached hydrogens (tertiary/aromatic N) is 1. The number of hydrogen-bond donors (Lipinski definition) is 1. The molecule has 0 bridgehead atoms. The molecule has 1 aliphatic rings. The van der Waals surface area contributed by atoms with Gasteiger partial charge in [-0.1, -0.05) is 0 Å². The van der Waals surface area contributed by atoms with E-state index in [1.807, 2.05) is 12.1 Å². The molecule has 1 atom stereocenters. The van der Waals surface area contributed by atoms with Crippen molar-refractivity contribution in [2.75, 3.05) is 19.5 Å². The number of nitrogens with one attached hydrogen (secondary N) is 1. The van der Waals surface area contributed by atoms with Crippen LogP contribution in [0.2, 0.25) is 0 Å². The summed E-state index contributed by atoms with van der Waals surface area (Å²) >= 11 is 0. The van der Waals surface area contributed by atoms with Gasteiger partial charge in [0.05, 0.1) is 25.5 Å². The van der Waals surface area contributed by atoms with E-state index < -0.39 is 0 Å². The number of pyridine rings is 1. The fourth-order valence-electron chi connectivity index (χ4n) is 2.98. The van der Waals surface area contributed by atoms with Crippen LogP contribution in [0, 0.1) is 6.92 Å². The summed E-state index contributed by atoms with van der Waals surface area (Å²) in [5.74, 6) is 2.03. The van der Waals surface area contributed by atoms with Gasteiger partial charge in [-0.3, -0.25) is 0 Å². The first-order valence-electron chi connectivity index (χ1n) is 8.18. The molecule has 25 heavy (non-hydrogen) atoms. The zero-order valence-electron chi connectivity index (χ0n) is 14.9. The molecule has 0 aliphatic carbocycles. The third-order valence-corrected chi connectivity index (χ3v) is 4.25. The maximum Gasteiger partial charge on any atom is 0.339 e. The van der Waals surface area contributed by atoms with Crippen LogP contribution in [0.3, 0.4) is 0 Å². The smallest absolute Gasteiger partial charge is 0.339 e. The van der Waals surface area contributed by atoms with Crippen molar-refractivity contribution in [3.8, 4) is 11.5 Å². The lowest BCUT2D eigenvalue weighted by Gasteiger charge is -2.13. The fraction of sp³-hybridized carbons (Fsp3) is 0.368. The van der Waals surface area contributed by atoms with Gasteiger partial charge >= 0.3 is 5.97 Å². The number of methoxy groups -OCH3 is 2. The molecule has 3 rings (SSSR count). The lowest BCUT2D eigenvalue weighted by Crippen LogP contribution is -2.08. The van der Waals surface area contributed by atoms with Crippen LogP contribution in [-0.4, -0.2) is 31.3 Å². The summed E-state index contributed by atoms with van der Waals surface area (Å²) in [6.45, 7) is 4.38. The summed E-state index contributed by atoms with van der Waals surface area (Å²) in [7, 11) is 3.02. The van der Waals surface area contributed by atoms with Crippen LogP contribution < -0.4 is 14.8 Å². The van der Waals surface area contributed by atoms with Gasteiger partial charge in [-0.05, 0) is 38.1 Å². The summed E-state index contributed by atoms with van der Waals surface area (Å²) in [6, 6.07) is 7.52. The van der Waals surface area contributed by atoms with E-state index in [1.54, 1.807) is 26.2 Å². The normalized spacial score (nSPS) is 15.3. The number of hydrogen-bond acceptors (Lipinski definition) is 6. The van der Waals surface area contributed by atoms with Gasteiger partial charge in [0.25, 0.3) is 0 Å². The minimum atomic E-state index is -0.386. The van der Waals surface area contributed by atoms with Crippen LogP contribution in [0.4, 0.5) is 5.82 Å². The molecular formula is C19H22N2O4. The zero-order valence-corrected chi connectivity index (χ0v) is 14.9.